The smallest absolute Gasteiger partial charge is 0.417 e. The molecule has 5 rings (SSSR count). The first-order valence-corrected chi connectivity index (χ1v) is 15.2. The quantitative estimate of drug-likeness (QED) is 0.164. The number of pyridine rings is 2. The molecule has 0 aliphatic heterocycles. The van der Waals surface area contributed by atoms with Gasteiger partial charge in [-0.2, -0.15) is 13.2 Å². The molecule has 0 aliphatic rings. The molecule has 5 aromatic rings. The number of fused-ring (bicyclic) bond motifs is 1. The van der Waals surface area contributed by atoms with Crippen LogP contribution in [0.25, 0.3) is 22.2 Å². The van der Waals surface area contributed by atoms with Gasteiger partial charge in [-0.3, -0.25) is 14.8 Å². The number of benzene rings is 2. The Kier molecular flexibility index (Phi) is 8.98. The lowest BCUT2D eigenvalue weighted by Gasteiger charge is -2.22. The molecule has 1 atom stereocenters. The van der Waals surface area contributed by atoms with E-state index in [0.29, 0.717) is 29.3 Å². The van der Waals surface area contributed by atoms with Crippen molar-refractivity contribution in [2.75, 3.05) is 0 Å². The fourth-order valence-electron chi connectivity index (χ4n) is 5.17. The second-order valence-electron chi connectivity index (χ2n) is 12.0. The Labute approximate surface area is 264 Å². The fraction of sp³-hybridized carbons (Fsp3) is 0.286. The molecule has 0 saturated heterocycles. The van der Waals surface area contributed by atoms with Crippen LogP contribution in [-0.4, -0.2) is 30.4 Å². The first kappa shape index (κ1) is 32.1. The van der Waals surface area contributed by atoms with Crippen LogP contribution in [0.15, 0.2) is 84.0 Å². The third-order valence-corrected chi connectivity index (χ3v) is 8.56. The van der Waals surface area contributed by atoms with Gasteiger partial charge in [0.2, 0.25) is 0 Å². The van der Waals surface area contributed by atoms with Gasteiger partial charge in [0.05, 0.1) is 17.0 Å². The predicted molar refractivity (Wildman–Crippen MR) is 171 cm³/mol. The number of rotatable bonds is 9. The maximum Gasteiger partial charge on any atom is 0.417 e. The highest BCUT2D eigenvalue weighted by Gasteiger charge is 2.32. The van der Waals surface area contributed by atoms with Crippen LogP contribution in [-0.2, 0) is 31.0 Å². The Morgan fingerprint density at radius 1 is 1.00 bits per heavy atom. The van der Waals surface area contributed by atoms with Gasteiger partial charge in [0.1, 0.15) is 18.3 Å². The van der Waals surface area contributed by atoms with Crippen LogP contribution >= 0.6 is 11.8 Å². The van der Waals surface area contributed by atoms with Crippen LogP contribution in [0.5, 0.6) is 5.75 Å². The van der Waals surface area contributed by atoms with Crippen molar-refractivity contribution in [3.05, 3.63) is 107 Å². The molecule has 45 heavy (non-hydrogen) atoms. The standard InChI is InChI=1S/C35H34F3N3O3S/c1-21-9-11-25(39-18-21)20-44-26-12-14-30-27(17-26)32(45-34(2,3)4)31(41(30)5)28(33(42)43)16-22-7-6-8-23(15-22)29-13-10-24(19-40-29)35(36,37)38/h6-15,17-19,28H,16,20H2,1-5H3,(H,42,43). The number of aromatic nitrogens is 3. The molecule has 0 fully saturated rings. The maximum absolute atomic E-state index is 13.0. The van der Waals surface area contributed by atoms with Gasteiger partial charge in [0.25, 0.3) is 0 Å². The number of aryl methyl sites for hydroxylation is 2. The summed E-state index contributed by atoms with van der Waals surface area (Å²) in [6, 6.07) is 19.1. The lowest BCUT2D eigenvalue weighted by molar-refractivity contribution is -0.139. The number of nitrogens with zero attached hydrogens (tertiary/aromatic N) is 3. The van der Waals surface area contributed by atoms with Crippen molar-refractivity contribution in [3.63, 3.8) is 0 Å². The van der Waals surface area contributed by atoms with E-state index >= 15 is 0 Å². The Morgan fingerprint density at radius 2 is 1.78 bits per heavy atom. The molecule has 0 aliphatic carbocycles. The molecule has 0 saturated carbocycles. The average molecular weight is 634 g/mol. The Balaban J connectivity index is 1.51. The highest BCUT2D eigenvalue weighted by molar-refractivity contribution is 8.00. The number of halogens is 3. The number of carboxylic acid groups (broad SMARTS) is 1. The minimum Gasteiger partial charge on any atom is -0.487 e. The number of hydrogen-bond donors (Lipinski definition) is 1. The molecule has 10 heteroatoms. The van der Waals surface area contributed by atoms with Crippen LogP contribution in [0.1, 0.15) is 54.8 Å². The number of carboxylic acids is 1. The van der Waals surface area contributed by atoms with Crippen LogP contribution < -0.4 is 4.74 Å². The third kappa shape index (κ3) is 7.50. The van der Waals surface area contributed by atoms with Crippen molar-refractivity contribution in [3.8, 4) is 17.0 Å². The van der Waals surface area contributed by atoms with E-state index in [0.717, 1.165) is 44.9 Å². The zero-order valence-corrected chi connectivity index (χ0v) is 26.5. The molecule has 0 spiro atoms. The average Bonchev–Trinajstić information content (AvgIpc) is 3.24. The Bertz CT molecular complexity index is 1830. The van der Waals surface area contributed by atoms with Crippen LogP contribution in [0.3, 0.4) is 0 Å². The molecule has 3 aromatic heterocycles. The molecular weight excluding hydrogens is 599 g/mol. The van der Waals surface area contributed by atoms with Gasteiger partial charge in [-0.1, -0.05) is 45.0 Å². The summed E-state index contributed by atoms with van der Waals surface area (Å²) in [6.45, 7) is 8.53. The third-order valence-electron chi connectivity index (χ3n) is 7.32. The number of alkyl halides is 3. The predicted octanol–water partition coefficient (Wildman–Crippen LogP) is 8.84. The molecule has 3 heterocycles. The Hall–Kier alpha value is -4.31. The lowest BCUT2D eigenvalue weighted by Crippen LogP contribution is -2.19. The molecule has 2 aromatic carbocycles. The number of carbonyl (C=O) groups is 1. The summed E-state index contributed by atoms with van der Waals surface area (Å²) >= 11 is 1.61. The highest BCUT2D eigenvalue weighted by atomic mass is 32.2. The summed E-state index contributed by atoms with van der Waals surface area (Å²) in [5.74, 6) is -1.22. The molecule has 0 amide bonds. The first-order chi connectivity index (χ1) is 21.2. The number of hydrogen-bond acceptors (Lipinski definition) is 5. The molecule has 0 bridgehead atoms. The second-order valence-corrected chi connectivity index (χ2v) is 13.8. The molecular formula is C35H34F3N3O3S. The minimum absolute atomic E-state index is 0.175. The zero-order valence-electron chi connectivity index (χ0n) is 25.6. The van der Waals surface area contributed by atoms with Gasteiger partial charge in [-0.15, -0.1) is 11.8 Å². The molecule has 1 unspecified atom stereocenters. The first-order valence-electron chi connectivity index (χ1n) is 14.4. The summed E-state index contributed by atoms with van der Waals surface area (Å²) < 4.78 is 47.0. The summed E-state index contributed by atoms with van der Waals surface area (Å²) in [5.41, 5.74) is 4.31. The topological polar surface area (TPSA) is 77.2 Å². The minimum atomic E-state index is -4.48. The van der Waals surface area contributed by atoms with E-state index in [9.17, 15) is 23.1 Å². The fourth-order valence-corrected chi connectivity index (χ4v) is 6.44. The molecule has 0 radical (unpaired) electrons. The number of ether oxygens (including phenoxy) is 1. The van der Waals surface area contributed by atoms with E-state index in [1.807, 2.05) is 54.9 Å². The summed E-state index contributed by atoms with van der Waals surface area (Å²) in [6.07, 6.45) is -1.70. The van der Waals surface area contributed by atoms with E-state index < -0.39 is 23.6 Å². The van der Waals surface area contributed by atoms with Crippen molar-refractivity contribution in [1.29, 1.82) is 0 Å². The molecule has 6 nitrogen and oxygen atoms in total. The van der Waals surface area contributed by atoms with E-state index in [-0.39, 0.29) is 11.2 Å². The lowest BCUT2D eigenvalue weighted by atomic mass is 9.94. The van der Waals surface area contributed by atoms with Gasteiger partial charge < -0.3 is 14.4 Å². The largest absolute Gasteiger partial charge is 0.487 e. The van der Waals surface area contributed by atoms with Crippen molar-refractivity contribution in [2.24, 2.45) is 7.05 Å². The van der Waals surface area contributed by atoms with E-state index in [1.54, 1.807) is 36.2 Å². The molecule has 234 valence electrons. The van der Waals surface area contributed by atoms with E-state index in [4.69, 9.17) is 4.74 Å². The number of thioether (sulfide) groups is 1. The highest BCUT2D eigenvalue weighted by Crippen LogP contribution is 2.45. The van der Waals surface area contributed by atoms with Gasteiger partial charge in [-0.25, -0.2) is 0 Å². The second kappa shape index (κ2) is 12.6. The van der Waals surface area contributed by atoms with Gasteiger partial charge >= 0.3 is 12.1 Å². The van der Waals surface area contributed by atoms with E-state index in [1.165, 1.54) is 6.07 Å². The van der Waals surface area contributed by atoms with E-state index in [2.05, 4.69) is 30.7 Å². The van der Waals surface area contributed by atoms with Crippen molar-refractivity contribution < 1.29 is 27.8 Å². The van der Waals surface area contributed by atoms with Crippen LogP contribution in [0, 0.1) is 6.92 Å². The summed E-state index contributed by atoms with van der Waals surface area (Å²) in [4.78, 5) is 22.2. The summed E-state index contributed by atoms with van der Waals surface area (Å²) in [7, 11) is 1.87. The van der Waals surface area contributed by atoms with Crippen molar-refractivity contribution in [1.82, 2.24) is 14.5 Å². The SMILES string of the molecule is Cc1ccc(COc2ccc3c(c2)c(SC(C)(C)C)c(C(Cc2cccc(-c4ccc(C(F)(F)F)cn4)c2)C(=O)O)n3C)nc1. The number of aliphatic carboxylic acids is 1. The zero-order chi connectivity index (χ0) is 32.5. The molecule has 1 N–H and O–H groups in total. The van der Waals surface area contributed by atoms with Gasteiger partial charge in [0.15, 0.2) is 0 Å². The van der Waals surface area contributed by atoms with Crippen molar-refractivity contribution in [2.45, 2.75) is 62.5 Å². The van der Waals surface area contributed by atoms with Crippen LogP contribution in [0.2, 0.25) is 0 Å². The normalized spacial score (nSPS) is 12.8. The summed E-state index contributed by atoms with van der Waals surface area (Å²) in [5, 5.41) is 11.5. The van der Waals surface area contributed by atoms with Gasteiger partial charge in [-0.05, 0) is 66.9 Å². The Morgan fingerprint density at radius 3 is 2.40 bits per heavy atom. The van der Waals surface area contributed by atoms with Crippen molar-refractivity contribution >= 4 is 28.6 Å². The maximum atomic E-state index is 13.0. The monoisotopic (exact) mass is 633 g/mol. The van der Waals surface area contributed by atoms with Gasteiger partial charge in [0, 0.05) is 51.2 Å². The van der Waals surface area contributed by atoms with Crippen LogP contribution in [0.4, 0.5) is 13.2 Å².